The van der Waals surface area contributed by atoms with Crippen molar-refractivity contribution < 1.29 is 17.9 Å². The maximum Gasteiger partial charge on any atom is 0.406 e. The van der Waals surface area contributed by atoms with Gasteiger partial charge < -0.3 is 10.1 Å². The number of carbonyl (C=O) groups excluding carboxylic acids is 1. The van der Waals surface area contributed by atoms with Gasteiger partial charge in [0.15, 0.2) is 0 Å². The predicted octanol–water partition coefficient (Wildman–Crippen LogP) is 1.43. The minimum atomic E-state index is -3.43. The minimum absolute atomic E-state index is 0.152. The van der Waals surface area contributed by atoms with Crippen LogP contribution in [0.15, 0.2) is 18.2 Å². The number of anilines is 1. The molecule has 6 nitrogen and oxygen atoms in total. The highest BCUT2D eigenvalue weighted by Gasteiger charge is 2.20. The Hall–Kier alpha value is -1.76. The SMILES string of the molecule is COC(=O)NCCN(c1c(C)cccc1C)S(C)(=O)=O. The largest absolute Gasteiger partial charge is 0.453 e. The normalized spacial score (nSPS) is 11.0. The molecular formula is C13H20N2O4S. The Morgan fingerprint density at radius 3 is 2.30 bits per heavy atom. The molecule has 1 amide bonds. The monoisotopic (exact) mass is 300 g/mol. The molecule has 112 valence electrons. The molecule has 20 heavy (non-hydrogen) atoms. The number of amides is 1. The van der Waals surface area contributed by atoms with Gasteiger partial charge in [-0.3, -0.25) is 4.31 Å². The Bertz CT molecular complexity index is 564. The van der Waals surface area contributed by atoms with Crippen molar-refractivity contribution in [3.63, 3.8) is 0 Å². The lowest BCUT2D eigenvalue weighted by Crippen LogP contribution is -2.38. The smallest absolute Gasteiger partial charge is 0.406 e. The van der Waals surface area contributed by atoms with Crippen LogP contribution in [0.5, 0.6) is 0 Å². The van der Waals surface area contributed by atoms with Crippen LogP contribution in [0.25, 0.3) is 0 Å². The highest BCUT2D eigenvalue weighted by molar-refractivity contribution is 7.92. The molecule has 0 aliphatic carbocycles. The second kappa shape index (κ2) is 6.60. The summed E-state index contributed by atoms with van der Waals surface area (Å²) in [6.45, 7) is 4.04. The van der Waals surface area contributed by atoms with Crippen LogP contribution in [-0.2, 0) is 14.8 Å². The molecule has 1 N–H and O–H groups in total. The quantitative estimate of drug-likeness (QED) is 0.892. The molecule has 1 aromatic rings. The van der Waals surface area contributed by atoms with Crippen molar-refractivity contribution in [2.75, 3.05) is 30.8 Å². The average molecular weight is 300 g/mol. The summed E-state index contributed by atoms with van der Waals surface area (Å²) in [4.78, 5) is 11.0. The summed E-state index contributed by atoms with van der Waals surface area (Å²) in [6, 6.07) is 5.59. The first-order chi connectivity index (χ1) is 9.27. The molecule has 0 atom stereocenters. The molecule has 0 heterocycles. The number of ether oxygens (including phenoxy) is 1. The Morgan fingerprint density at radius 1 is 1.30 bits per heavy atom. The second-order valence-electron chi connectivity index (χ2n) is 4.49. The van der Waals surface area contributed by atoms with E-state index in [1.54, 1.807) is 0 Å². The first kappa shape index (κ1) is 16.3. The molecule has 0 saturated carbocycles. The van der Waals surface area contributed by atoms with Crippen molar-refractivity contribution in [2.45, 2.75) is 13.8 Å². The van der Waals surface area contributed by atoms with E-state index in [2.05, 4.69) is 10.1 Å². The van der Waals surface area contributed by atoms with Crippen LogP contribution in [0.3, 0.4) is 0 Å². The first-order valence-corrected chi connectivity index (χ1v) is 7.98. The highest BCUT2D eigenvalue weighted by atomic mass is 32.2. The van der Waals surface area contributed by atoms with Gasteiger partial charge in [-0.1, -0.05) is 18.2 Å². The van der Waals surface area contributed by atoms with Crippen molar-refractivity contribution in [3.05, 3.63) is 29.3 Å². The molecule has 0 spiro atoms. The van der Waals surface area contributed by atoms with E-state index in [9.17, 15) is 13.2 Å². The van der Waals surface area contributed by atoms with Gasteiger partial charge in [0, 0.05) is 6.54 Å². The molecule has 0 aliphatic rings. The molecule has 0 aliphatic heterocycles. The predicted molar refractivity (Wildman–Crippen MR) is 78.5 cm³/mol. The van der Waals surface area contributed by atoms with Gasteiger partial charge in [-0.15, -0.1) is 0 Å². The number of hydrogen-bond acceptors (Lipinski definition) is 4. The van der Waals surface area contributed by atoms with Crippen molar-refractivity contribution in [2.24, 2.45) is 0 Å². The lowest BCUT2D eigenvalue weighted by Gasteiger charge is -2.26. The molecule has 1 aromatic carbocycles. The van der Waals surface area contributed by atoms with Crippen molar-refractivity contribution in [1.82, 2.24) is 5.32 Å². The lowest BCUT2D eigenvalue weighted by atomic mass is 10.1. The van der Waals surface area contributed by atoms with Crippen molar-refractivity contribution in [1.29, 1.82) is 0 Å². The standard InChI is InChI=1S/C13H20N2O4S/c1-10-6-5-7-11(2)12(10)15(20(4,17)18)9-8-14-13(16)19-3/h5-7H,8-9H2,1-4H3,(H,14,16). The fraction of sp³-hybridized carbons (Fsp3) is 0.462. The number of methoxy groups -OCH3 is 1. The third-order valence-electron chi connectivity index (χ3n) is 2.86. The number of benzene rings is 1. The molecule has 1 rings (SSSR count). The third kappa shape index (κ3) is 4.12. The number of rotatable bonds is 5. The van der Waals surface area contributed by atoms with Crippen molar-refractivity contribution in [3.8, 4) is 0 Å². The molecule has 0 radical (unpaired) electrons. The van der Waals surface area contributed by atoms with Gasteiger partial charge in [-0.2, -0.15) is 0 Å². The van der Waals surface area contributed by atoms with E-state index < -0.39 is 16.1 Å². The zero-order valence-corrected chi connectivity index (χ0v) is 13.0. The summed E-state index contributed by atoms with van der Waals surface area (Å²) in [5.74, 6) is 0. The number of para-hydroxylation sites is 1. The van der Waals surface area contributed by atoms with E-state index in [0.717, 1.165) is 17.4 Å². The Balaban J connectivity index is 3.00. The molecule has 7 heteroatoms. The molecule has 0 aromatic heterocycles. The molecular weight excluding hydrogens is 280 g/mol. The number of alkyl carbamates (subject to hydrolysis) is 1. The summed E-state index contributed by atoms with van der Waals surface area (Å²) in [6.07, 6.45) is 0.566. The van der Waals surface area contributed by atoms with Gasteiger partial charge in [0.05, 0.1) is 25.6 Å². The Morgan fingerprint density at radius 2 is 1.85 bits per heavy atom. The fourth-order valence-electron chi connectivity index (χ4n) is 1.97. The van der Waals surface area contributed by atoms with E-state index in [0.29, 0.717) is 5.69 Å². The van der Waals surface area contributed by atoms with Crippen LogP contribution in [-0.4, -0.2) is 41.0 Å². The first-order valence-electron chi connectivity index (χ1n) is 6.13. The lowest BCUT2D eigenvalue weighted by molar-refractivity contribution is 0.171. The number of hydrogen-bond donors (Lipinski definition) is 1. The fourth-order valence-corrected chi connectivity index (χ4v) is 3.02. The van der Waals surface area contributed by atoms with Crippen LogP contribution in [0, 0.1) is 13.8 Å². The highest BCUT2D eigenvalue weighted by Crippen LogP contribution is 2.26. The van der Waals surface area contributed by atoms with Crippen LogP contribution in [0.4, 0.5) is 10.5 Å². The average Bonchev–Trinajstić information content (AvgIpc) is 2.35. The molecule has 0 saturated heterocycles. The molecule has 0 unspecified atom stereocenters. The minimum Gasteiger partial charge on any atom is -0.453 e. The molecule has 0 bridgehead atoms. The van der Waals surface area contributed by atoms with E-state index in [1.165, 1.54) is 11.4 Å². The zero-order valence-electron chi connectivity index (χ0n) is 12.1. The number of nitrogens with zero attached hydrogens (tertiary/aromatic N) is 1. The van der Waals surface area contributed by atoms with Gasteiger partial charge in [-0.25, -0.2) is 13.2 Å². The topological polar surface area (TPSA) is 75.7 Å². The maximum absolute atomic E-state index is 12.0. The van der Waals surface area contributed by atoms with Crippen molar-refractivity contribution >= 4 is 21.8 Å². The maximum atomic E-state index is 12.0. The third-order valence-corrected chi connectivity index (χ3v) is 4.02. The van der Waals surface area contributed by atoms with Gasteiger partial charge in [0.25, 0.3) is 0 Å². The number of aryl methyl sites for hydroxylation is 2. The van der Waals surface area contributed by atoms with Gasteiger partial charge in [0.1, 0.15) is 0 Å². The molecule has 0 fully saturated rings. The second-order valence-corrected chi connectivity index (χ2v) is 6.40. The van der Waals surface area contributed by atoms with E-state index >= 15 is 0 Å². The Kier molecular flexibility index (Phi) is 5.38. The van der Waals surface area contributed by atoms with Crippen LogP contribution in [0.1, 0.15) is 11.1 Å². The Labute approximate surface area is 119 Å². The summed E-state index contributed by atoms with van der Waals surface area (Å²) >= 11 is 0. The van der Waals surface area contributed by atoms with Gasteiger partial charge in [0.2, 0.25) is 10.0 Å². The zero-order chi connectivity index (χ0) is 15.3. The van der Waals surface area contributed by atoms with Gasteiger partial charge >= 0.3 is 6.09 Å². The van der Waals surface area contributed by atoms with Crippen LogP contribution in [0.2, 0.25) is 0 Å². The summed E-state index contributed by atoms with van der Waals surface area (Å²) < 4.78 is 29.7. The van der Waals surface area contributed by atoms with Crippen LogP contribution < -0.4 is 9.62 Å². The summed E-state index contributed by atoms with van der Waals surface area (Å²) in [5.41, 5.74) is 2.39. The van der Waals surface area contributed by atoms with Gasteiger partial charge in [-0.05, 0) is 25.0 Å². The summed E-state index contributed by atoms with van der Waals surface area (Å²) in [5, 5.41) is 2.48. The summed E-state index contributed by atoms with van der Waals surface area (Å²) in [7, 11) is -2.17. The number of carbonyl (C=O) groups is 1. The van der Waals surface area contributed by atoms with E-state index in [4.69, 9.17) is 0 Å². The van der Waals surface area contributed by atoms with Crippen LogP contribution >= 0.6 is 0 Å². The number of nitrogens with one attached hydrogen (secondary N) is 1. The van der Waals surface area contributed by atoms with E-state index in [1.807, 2.05) is 32.0 Å². The number of sulfonamides is 1. The van der Waals surface area contributed by atoms with E-state index in [-0.39, 0.29) is 13.1 Å².